The van der Waals surface area contributed by atoms with E-state index in [-0.39, 0.29) is 51.0 Å². The molecule has 0 saturated carbocycles. The van der Waals surface area contributed by atoms with E-state index in [9.17, 15) is 29.7 Å². The van der Waals surface area contributed by atoms with Crippen molar-refractivity contribution in [1.29, 1.82) is 10.5 Å². The van der Waals surface area contributed by atoms with E-state index in [1.165, 1.54) is 48.6 Å². The highest BCUT2D eigenvalue weighted by Crippen LogP contribution is 2.64. The number of nitriles is 2. The zero-order valence-corrected chi connectivity index (χ0v) is 32.4. The number of ether oxygens (including phenoxy) is 4. The molecule has 0 N–H and O–H groups in total. The summed E-state index contributed by atoms with van der Waals surface area (Å²) in [6, 6.07) is 13.4. The Labute approximate surface area is 342 Å². The SMILES string of the molecule is C=CCN1C(=O)C2(OC3C4C5C(C#N)=CC(N6C=C(C(=O)OC)C7(OC56)C(=O)N(CC=C)c5ccc(Cl)cc57)C4(C#N)C=CN3C=C2C(=O)OC)c2cc(Cl)ccc21. The van der Waals surface area contributed by atoms with E-state index in [4.69, 9.17) is 42.1 Å². The molecule has 0 aromatic heterocycles. The van der Waals surface area contributed by atoms with Crippen molar-refractivity contribution < 1.29 is 38.1 Å². The number of methoxy groups -OCH3 is 2. The van der Waals surface area contributed by atoms with Crippen LogP contribution < -0.4 is 9.80 Å². The van der Waals surface area contributed by atoms with E-state index < -0.39 is 70.7 Å². The van der Waals surface area contributed by atoms with Crippen LogP contribution in [-0.4, -0.2) is 79.4 Å². The van der Waals surface area contributed by atoms with Gasteiger partial charge in [0.1, 0.15) is 17.9 Å². The number of halogens is 2. The Balaban J connectivity index is 1.27. The second-order valence-corrected chi connectivity index (χ2v) is 15.5. The van der Waals surface area contributed by atoms with Crippen LogP contribution in [0.25, 0.3) is 0 Å². The molecule has 10 rings (SSSR count). The zero-order valence-electron chi connectivity index (χ0n) is 30.9. The molecule has 7 aliphatic heterocycles. The molecule has 2 bridgehead atoms. The molecule has 8 aliphatic rings. The van der Waals surface area contributed by atoms with Gasteiger partial charge in [-0.05, 0) is 48.6 Å². The molecule has 2 spiro atoms. The molecule has 0 radical (unpaired) electrons. The molecule has 1 fully saturated rings. The Kier molecular flexibility index (Phi) is 8.34. The summed E-state index contributed by atoms with van der Waals surface area (Å²) in [5, 5.41) is 22.6. The largest absolute Gasteiger partial charge is 0.466 e. The molecule has 292 valence electrons. The van der Waals surface area contributed by atoms with Crippen molar-refractivity contribution in [3.63, 3.8) is 0 Å². The highest BCUT2D eigenvalue weighted by Gasteiger charge is 2.72. The van der Waals surface area contributed by atoms with Gasteiger partial charge in [-0.2, -0.15) is 10.5 Å². The number of fused-ring (bicyclic) bond motifs is 5. The van der Waals surface area contributed by atoms with Crippen LogP contribution in [0.15, 0.2) is 109 Å². The third-order valence-corrected chi connectivity index (χ3v) is 12.7. The Morgan fingerprint density at radius 2 is 1.40 bits per heavy atom. The van der Waals surface area contributed by atoms with E-state index in [0.717, 1.165) is 0 Å². The molecule has 1 aliphatic carbocycles. The summed E-state index contributed by atoms with van der Waals surface area (Å²) in [4.78, 5) is 63.4. The van der Waals surface area contributed by atoms with Gasteiger partial charge < -0.3 is 38.5 Å². The van der Waals surface area contributed by atoms with E-state index in [1.807, 2.05) is 0 Å². The summed E-state index contributed by atoms with van der Waals surface area (Å²) in [5.41, 5.74) is -4.43. The third-order valence-electron chi connectivity index (χ3n) is 12.2. The number of rotatable bonds is 6. The second kappa shape index (κ2) is 12.9. The number of hydrogen-bond donors (Lipinski definition) is 0. The Morgan fingerprint density at radius 1 is 0.862 bits per heavy atom. The molecule has 2 amide bonds. The number of carbonyl (C=O) groups is 4. The normalized spacial score (nSPS) is 31.9. The van der Waals surface area contributed by atoms with Crippen LogP contribution in [0.5, 0.6) is 0 Å². The monoisotopic (exact) mass is 818 g/mol. The van der Waals surface area contributed by atoms with Crippen LogP contribution in [0, 0.1) is 39.9 Å². The van der Waals surface area contributed by atoms with E-state index >= 15 is 0 Å². The number of benzene rings is 2. The van der Waals surface area contributed by atoms with Gasteiger partial charge >= 0.3 is 11.9 Å². The highest BCUT2D eigenvalue weighted by molar-refractivity contribution is 6.31. The van der Waals surface area contributed by atoms with Gasteiger partial charge in [-0.25, -0.2) is 9.59 Å². The van der Waals surface area contributed by atoms with Crippen molar-refractivity contribution >= 4 is 58.3 Å². The maximum absolute atomic E-state index is 14.9. The molecule has 1 saturated heterocycles. The van der Waals surface area contributed by atoms with Gasteiger partial charge in [0.2, 0.25) is 11.2 Å². The molecule has 8 unspecified atom stereocenters. The summed E-state index contributed by atoms with van der Waals surface area (Å²) in [5.74, 6) is -5.01. The quantitative estimate of drug-likeness (QED) is 0.292. The number of esters is 2. The lowest BCUT2D eigenvalue weighted by Crippen LogP contribution is -2.73. The van der Waals surface area contributed by atoms with E-state index in [1.54, 1.807) is 64.6 Å². The van der Waals surface area contributed by atoms with Crippen LogP contribution in [0.3, 0.4) is 0 Å². The van der Waals surface area contributed by atoms with Gasteiger partial charge in [0.25, 0.3) is 11.8 Å². The summed E-state index contributed by atoms with van der Waals surface area (Å²) >= 11 is 13.1. The van der Waals surface area contributed by atoms with Crippen LogP contribution in [0.1, 0.15) is 11.1 Å². The van der Waals surface area contributed by atoms with Crippen molar-refractivity contribution in [2.24, 2.45) is 17.3 Å². The number of anilines is 2. The van der Waals surface area contributed by atoms with Gasteiger partial charge in [-0.3, -0.25) is 9.59 Å². The molecule has 2 aromatic carbocycles. The molecule has 16 heteroatoms. The van der Waals surface area contributed by atoms with Crippen molar-refractivity contribution in [3.05, 3.63) is 130 Å². The number of carbonyl (C=O) groups excluding carboxylic acids is 4. The molecule has 8 atom stereocenters. The summed E-state index contributed by atoms with van der Waals surface area (Å²) in [6.07, 6.45) is 8.49. The first-order chi connectivity index (χ1) is 27.9. The van der Waals surface area contributed by atoms with E-state index in [2.05, 4.69) is 25.3 Å². The standard InChI is InChI=1S/C42H32Cl2N6O8/c1-5-12-48-29-9-7-23(43)16-25(29)41(38(48)53)27(36(51)55-3)19-47-14-11-40(21-46)31-15-22(18-45)32(33(40)35(47)58-41)34-50(31)20-28(37(52)56-4)42(57-34)26-17-24(44)8-10-30(26)49(13-6-2)39(42)54/h5-11,14-17,19-20,31-35H,1-2,12-13H2,3-4H3. The first-order valence-corrected chi connectivity index (χ1v) is 18.9. The van der Waals surface area contributed by atoms with Gasteiger partial charge in [-0.1, -0.05) is 35.4 Å². The fraction of sp³-hybridized carbons (Fsp3) is 0.286. The van der Waals surface area contributed by atoms with Crippen LogP contribution >= 0.6 is 23.2 Å². The van der Waals surface area contributed by atoms with Gasteiger partial charge in [0, 0.05) is 70.3 Å². The number of nitrogens with zero attached hydrogens (tertiary/aromatic N) is 6. The third kappa shape index (κ3) is 4.48. The average molecular weight is 820 g/mol. The molecule has 14 nitrogen and oxygen atoms in total. The lowest BCUT2D eigenvalue weighted by atomic mass is 9.54. The van der Waals surface area contributed by atoms with Crippen molar-refractivity contribution in [3.8, 4) is 12.1 Å². The maximum Gasteiger partial charge on any atom is 0.339 e. The minimum absolute atomic E-state index is 0.0586. The predicted molar refractivity (Wildman–Crippen MR) is 207 cm³/mol. The second-order valence-electron chi connectivity index (χ2n) is 14.7. The topological polar surface area (TPSA) is 166 Å². The summed E-state index contributed by atoms with van der Waals surface area (Å²) < 4.78 is 24.6. The molecule has 7 heterocycles. The minimum Gasteiger partial charge on any atom is -0.466 e. The van der Waals surface area contributed by atoms with Gasteiger partial charge in [-0.15, -0.1) is 13.2 Å². The first kappa shape index (κ1) is 37.4. The van der Waals surface area contributed by atoms with Crippen molar-refractivity contribution in [2.75, 3.05) is 37.1 Å². The van der Waals surface area contributed by atoms with E-state index in [0.29, 0.717) is 11.4 Å². The Bertz CT molecular complexity index is 2520. The number of amides is 2. The fourth-order valence-corrected chi connectivity index (χ4v) is 10.2. The predicted octanol–water partition coefficient (Wildman–Crippen LogP) is 4.70. The zero-order chi connectivity index (χ0) is 41.1. The molecule has 2 aromatic rings. The van der Waals surface area contributed by atoms with Crippen molar-refractivity contribution in [1.82, 2.24) is 9.80 Å². The smallest absolute Gasteiger partial charge is 0.339 e. The molecule has 58 heavy (non-hydrogen) atoms. The maximum atomic E-state index is 14.9. The first-order valence-electron chi connectivity index (χ1n) is 18.1. The van der Waals surface area contributed by atoms with Gasteiger partial charge in [0.15, 0.2) is 0 Å². The lowest BCUT2D eigenvalue weighted by molar-refractivity contribution is -0.252. The molecular formula is C42H32Cl2N6O8. The van der Waals surface area contributed by atoms with Crippen LogP contribution in [-0.2, 0) is 49.3 Å². The lowest BCUT2D eigenvalue weighted by Gasteiger charge is -2.64. The fourth-order valence-electron chi connectivity index (χ4n) is 9.88. The molecular weight excluding hydrogens is 787 g/mol. The van der Waals surface area contributed by atoms with Gasteiger partial charge in [0.05, 0.1) is 54.9 Å². The van der Waals surface area contributed by atoms with Crippen LogP contribution in [0.2, 0.25) is 10.0 Å². The number of hydrogen-bond acceptors (Lipinski definition) is 12. The minimum atomic E-state index is -2.12. The Morgan fingerprint density at radius 3 is 1.90 bits per heavy atom. The summed E-state index contributed by atoms with van der Waals surface area (Å²) in [6.45, 7) is 7.75. The Hall–Kier alpha value is -6.16. The summed E-state index contributed by atoms with van der Waals surface area (Å²) in [7, 11) is 2.37. The average Bonchev–Trinajstić information content (AvgIpc) is 3.59. The highest BCUT2D eigenvalue weighted by atomic mass is 35.5. The number of piperidine rings is 1. The van der Waals surface area contributed by atoms with Crippen LogP contribution in [0.4, 0.5) is 11.4 Å². The van der Waals surface area contributed by atoms with Crippen molar-refractivity contribution in [2.45, 2.75) is 29.7 Å².